The summed E-state index contributed by atoms with van der Waals surface area (Å²) in [7, 11) is 0. The van der Waals surface area contributed by atoms with Crippen LogP contribution in [-0.4, -0.2) is 40.3 Å². The molecule has 8 rings (SSSR count). The van der Waals surface area contributed by atoms with Crippen LogP contribution in [-0.2, 0) is 0 Å². The number of carbonyl (C=O) groups is 1. The van der Waals surface area contributed by atoms with Gasteiger partial charge in [0.15, 0.2) is 5.65 Å². The van der Waals surface area contributed by atoms with E-state index >= 15 is 4.39 Å². The first-order chi connectivity index (χ1) is 18.8. The van der Waals surface area contributed by atoms with Crippen LogP contribution in [0.3, 0.4) is 0 Å². The number of alkyl halides is 1. The fraction of sp³-hybridized carbons (Fsp3) is 0.500. The molecule has 9 heteroatoms. The molecule has 0 unspecified atom stereocenters. The van der Waals surface area contributed by atoms with Gasteiger partial charge >= 0.3 is 0 Å². The highest BCUT2D eigenvalue weighted by Crippen LogP contribution is 2.55. The number of anilines is 1. The number of amides is 1. The highest BCUT2D eigenvalue weighted by Gasteiger charge is 2.51. The third kappa shape index (κ3) is 4.30. The van der Waals surface area contributed by atoms with E-state index in [1.165, 1.54) is 36.1 Å². The van der Waals surface area contributed by atoms with Gasteiger partial charge < -0.3 is 10.2 Å². The fourth-order valence-electron chi connectivity index (χ4n) is 8.04. The van der Waals surface area contributed by atoms with E-state index in [-0.39, 0.29) is 27.8 Å². The molecule has 4 bridgehead atoms. The Bertz CT molecular complexity index is 1490. The minimum atomic E-state index is -0.858. The molecule has 39 heavy (non-hydrogen) atoms. The molecule has 3 aromatic rings. The van der Waals surface area contributed by atoms with Crippen molar-refractivity contribution in [1.82, 2.24) is 14.9 Å². The lowest BCUT2D eigenvalue weighted by molar-refractivity contribution is -0.0167. The Morgan fingerprint density at radius 2 is 1.64 bits per heavy atom. The zero-order valence-corrected chi connectivity index (χ0v) is 21.6. The van der Waals surface area contributed by atoms with Gasteiger partial charge in [0.25, 0.3) is 5.91 Å². The maximum absolute atomic E-state index is 15.1. The van der Waals surface area contributed by atoms with E-state index in [2.05, 4.69) is 10.3 Å². The first kappa shape index (κ1) is 24.7. The smallest absolute Gasteiger partial charge is 0.257 e. The maximum Gasteiger partial charge on any atom is 0.257 e. The van der Waals surface area contributed by atoms with Gasteiger partial charge in [0.05, 0.1) is 11.1 Å². The number of pyridine rings is 2. The first-order valence-electron chi connectivity index (χ1n) is 14.0. The molecule has 0 radical (unpaired) electrons. The van der Waals surface area contributed by atoms with Gasteiger partial charge in [-0.1, -0.05) is 0 Å². The molecule has 1 aromatic carbocycles. The summed E-state index contributed by atoms with van der Waals surface area (Å²) in [5.41, 5.74) is -0.722. The van der Waals surface area contributed by atoms with Crippen molar-refractivity contribution in [2.75, 3.05) is 18.0 Å². The summed E-state index contributed by atoms with van der Waals surface area (Å²) in [5, 5.41) is 3.41. The van der Waals surface area contributed by atoms with Gasteiger partial charge in [0.2, 0.25) is 5.43 Å². The van der Waals surface area contributed by atoms with Gasteiger partial charge in [-0.05, 0) is 93.4 Å². The Kier molecular flexibility index (Phi) is 5.75. The predicted octanol–water partition coefficient (Wildman–Crippen LogP) is 5.30. The van der Waals surface area contributed by atoms with Crippen LogP contribution in [0.5, 0.6) is 0 Å². The van der Waals surface area contributed by atoms with Gasteiger partial charge in [-0.25, -0.2) is 18.2 Å². The molecule has 1 amide bonds. The van der Waals surface area contributed by atoms with Crippen LogP contribution in [0, 0.1) is 29.4 Å². The highest BCUT2D eigenvalue weighted by molar-refractivity contribution is 5.97. The Hall–Kier alpha value is -3.36. The largest absolute Gasteiger partial charge is 0.356 e. The molecule has 4 aliphatic carbocycles. The van der Waals surface area contributed by atoms with Gasteiger partial charge in [-0.3, -0.25) is 14.2 Å². The molecule has 0 spiro atoms. The summed E-state index contributed by atoms with van der Waals surface area (Å²) in [5.74, 6) is 0.349. The topological polar surface area (TPSA) is 67.2 Å². The Morgan fingerprint density at radius 1 is 0.974 bits per heavy atom. The predicted molar refractivity (Wildman–Crippen MR) is 142 cm³/mol. The van der Waals surface area contributed by atoms with Crippen LogP contribution in [0.2, 0.25) is 0 Å². The molecule has 1 N–H and O–H groups in total. The lowest BCUT2D eigenvalue weighted by Gasteiger charge is -2.56. The lowest BCUT2D eigenvalue weighted by Crippen LogP contribution is -2.60. The second-order valence-electron chi connectivity index (χ2n) is 12.2. The summed E-state index contributed by atoms with van der Waals surface area (Å²) in [6.07, 6.45) is 7.69. The lowest BCUT2D eigenvalue weighted by atomic mass is 9.53. The van der Waals surface area contributed by atoms with Crippen LogP contribution in [0.15, 0.2) is 41.3 Å². The summed E-state index contributed by atoms with van der Waals surface area (Å²) < 4.78 is 43.9. The third-order valence-electron chi connectivity index (χ3n) is 9.42. The summed E-state index contributed by atoms with van der Waals surface area (Å²) in [6, 6.07) is 6.46. The van der Waals surface area contributed by atoms with Crippen LogP contribution in [0.4, 0.5) is 19.0 Å². The van der Waals surface area contributed by atoms with Crippen molar-refractivity contribution >= 4 is 22.8 Å². The average molecular weight is 537 g/mol. The molecular formula is C30H31F3N4O2. The minimum Gasteiger partial charge on any atom is -0.356 e. The number of halogens is 3. The van der Waals surface area contributed by atoms with E-state index in [1.807, 2.05) is 4.90 Å². The van der Waals surface area contributed by atoms with Crippen LogP contribution >= 0.6 is 0 Å². The number of rotatable bonds is 4. The van der Waals surface area contributed by atoms with E-state index in [9.17, 15) is 18.4 Å². The number of benzene rings is 1. The summed E-state index contributed by atoms with van der Waals surface area (Å²) in [6.45, 7) is 0.945. The number of aromatic nitrogens is 2. The number of nitrogens with one attached hydrogen (secondary N) is 1. The van der Waals surface area contributed by atoms with Crippen molar-refractivity contribution < 1.29 is 18.0 Å². The standard InChI is InChI=1S/C30H31F3N4O2/c31-20-5-7-36(8-6-20)26-4-2-22-27(38)23(16-37(28(22)34-26)25-3-1-21(32)12-24(25)33)29(39)35-30-13-17-9-18(14-30)11-19(10-17)15-30/h1-4,12,16-20H,5-11,13-15H2,(H,35,39). The van der Waals surface area contributed by atoms with Crippen LogP contribution in [0.25, 0.3) is 16.7 Å². The van der Waals surface area contributed by atoms with Crippen molar-refractivity contribution in [2.45, 2.75) is 63.1 Å². The first-order valence-corrected chi connectivity index (χ1v) is 14.0. The Labute approximate surface area is 224 Å². The van der Waals surface area contributed by atoms with Gasteiger partial charge in [-0.15, -0.1) is 0 Å². The maximum atomic E-state index is 15.1. The van der Waals surface area contributed by atoms with E-state index in [4.69, 9.17) is 0 Å². The van der Waals surface area contributed by atoms with Crippen molar-refractivity contribution in [3.63, 3.8) is 0 Å². The number of carbonyl (C=O) groups excluding carboxylic acids is 1. The zero-order chi connectivity index (χ0) is 26.9. The zero-order valence-electron chi connectivity index (χ0n) is 21.6. The second-order valence-corrected chi connectivity index (χ2v) is 12.2. The van der Waals surface area contributed by atoms with Gasteiger partial charge in [0.1, 0.15) is 29.2 Å². The average Bonchev–Trinajstić information content (AvgIpc) is 2.88. The molecule has 4 saturated carbocycles. The summed E-state index contributed by atoms with van der Waals surface area (Å²) in [4.78, 5) is 34.0. The second kappa shape index (κ2) is 9.10. The van der Waals surface area contributed by atoms with Crippen molar-refractivity contribution in [3.05, 3.63) is 63.9 Å². The van der Waals surface area contributed by atoms with Crippen LogP contribution < -0.4 is 15.6 Å². The van der Waals surface area contributed by atoms with Crippen molar-refractivity contribution in [3.8, 4) is 5.69 Å². The molecule has 5 fully saturated rings. The molecule has 5 aliphatic rings. The molecule has 1 aliphatic heterocycles. The number of hydrogen-bond acceptors (Lipinski definition) is 4. The highest BCUT2D eigenvalue weighted by atomic mass is 19.1. The normalized spacial score (nSPS) is 28.3. The quantitative estimate of drug-likeness (QED) is 0.492. The van der Waals surface area contributed by atoms with E-state index < -0.39 is 29.1 Å². The Morgan fingerprint density at radius 3 is 2.28 bits per heavy atom. The molecule has 6 nitrogen and oxygen atoms in total. The van der Waals surface area contributed by atoms with E-state index in [1.54, 1.807) is 12.1 Å². The van der Waals surface area contributed by atoms with Crippen molar-refractivity contribution in [2.24, 2.45) is 17.8 Å². The van der Waals surface area contributed by atoms with E-state index in [0.29, 0.717) is 49.5 Å². The monoisotopic (exact) mass is 536 g/mol. The van der Waals surface area contributed by atoms with Crippen molar-refractivity contribution in [1.29, 1.82) is 0 Å². The minimum absolute atomic E-state index is 0.0163. The van der Waals surface area contributed by atoms with Gasteiger partial charge in [-0.2, -0.15) is 0 Å². The number of fused-ring (bicyclic) bond motifs is 1. The fourth-order valence-corrected chi connectivity index (χ4v) is 8.04. The van der Waals surface area contributed by atoms with Gasteiger partial charge in [0, 0.05) is 30.9 Å². The SMILES string of the molecule is O=C(NC12CC3CC(CC(C3)C1)C2)c1cn(-c2ccc(F)cc2F)c2nc(N3CCC(F)CC3)ccc2c1=O. The third-order valence-corrected chi connectivity index (χ3v) is 9.42. The van der Waals surface area contributed by atoms with E-state index in [0.717, 1.165) is 31.4 Å². The molecule has 204 valence electrons. The molecule has 1 saturated heterocycles. The van der Waals surface area contributed by atoms with Crippen LogP contribution in [0.1, 0.15) is 61.7 Å². The summed E-state index contributed by atoms with van der Waals surface area (Å²) >= 11 is 0. The molecule has 2 aromatic heterocycles. The number of piperidine rings is 1. The molecular weight excluding hydrogens is 505 g/mol. The Balaban J connectivity index is 1.32. The molecule has 3 heterocycles. The number of hydrogen-bond donors (Lipinski definition) is 1. The molecule has 0 atom stereocenters. The number of nitrogens with zero attached hydrogens (tertiary/aromatic N) is 3.